The Bertz CT molecular complexity index is 1310. The van der Waals surface area contributed by atoms with Gasteiger partial charge in [0.15, 0.2) is 11.5 Å². The highest BCUT2D eigenvalue weighted by atomic mass is 32.2. The first kappa shape index (κ1) is 27.7. The SMILES string of the molecule is CCC(NC(=O)CN(c1cc(OC)ccc1OC)S(=O)(=O)c1ccc(OC)c(OC)c1)c1ccccc1. The molecule has 0 heterocycles. The van der Waals surface area contributed by atoms with E-state index in [0.717, 1.165) is 9.87 Å². The van der Waals surface area contributed by atoms with Gasteiger partial charge in [0.05, 0.1) is 45.1 Å². The fourth-order valence-electron chi connectivity index (χ4n) is 3.87. The second-order valence-corrected chi connectivity index (χ2v) is 9.87. The van der Waals surface area contributed by atoms with E-state index in [1.54, 1.807) is 12.1 Å². The molecule has 37 heavy (non-hydrogen) atoms. The minimum Gasteiger partial charge on any atom is -0.497 e. The topological polar surface area (TPSA) is 103 Å². The molecule has 0 aliphatic rings. The van der Waals surface area contributed by atoms with E-state index in [1.807, 2.05) is 37.3 Å². The van der Waals surface area contributed by atoms with E-state index in [1.165, 1.54) is 52.7 Å². The Labute approximate surface area is 218 Å². The fourth-order valence-corrected chi connectivity index (χ4v) is 5.31. The number of sulfonamides is 1. The Balaban J connectivity index is 2.07. The number of rotatable bonds is 12. The number of hydrogen-bond acceptors (Lipinski definition) is 7. The van der Waals surface area contributed by atoms with Gasteiger partial charge in [0.1, 0.15) is 18.0 Å². The van der Waals surface area contributed by atoms with E-state index in [-0.39, 0.29) is 28.1 Å². The van der Waals surface area contributed by atoms with Crippen LogP contribution in [0.15, 0.2) is 71.6 Å². The number of nitrogens with zero attached hydrogens (tertiary/aromatic N) is 1. The maximum atomic E-state index is 14.0. The molecule has 0 aliphatic carbocycles. The monoisotopic (exact) mass is 528 g/mol. The Morgan fingerprint density at radius 3 is 2.08 bits per heavy atom. The summed E-state index contributed by atoms with van der Waals surface area (Å²) in [6.45, 7) is 1.45. The summed E-state index contributed by atoms with van der Waals surface area (Å²) < 4.78 is 50.3. The van der Waals surface area contributed by atoms with Crippen molar-refractivity contribution in [3.63, 3.8) is 0 Å². The standard InChI is InChI=1S/C27H32N2O7S/c1-6-22(19-10-8-7-9-11-19)28-27(30)18-29(23-16-20(33-2)12-14-24(23)34-3)37(31,32)21-13-15-25(35-4)26(17-21)36-5/h7-17,22H,6,18H2,1-5H3,(H,28,30). The van der Waals surface area contributed by atoms with Crippen LogP contribution in [0.2, 0.25) is 0 Å². The normalized spacial score (nSPS) is 11.8. The molecule has 0 fully saturated rings. The number of nitrogens with one attached hydrogen (secondary N) is 1. The predicted molar refractivity (Wildman–Crippen MR) is 141 cm³/mol. The van der Waals surface area contributed by atoms with E-state index in [4.69, 9.17) is 18.9 Å². The zero-order chi connectivity index (χ0) is 27.0. The number of hydrogen-bond donors (Lipinski definition) is 1. The van der Waals surface area contributed by atoms with Crippen LogP contribution in [0.25, 0.3) is 0 Å². The van der Waals surface area contributed by atoms with E-state index < -0.39 is 22.5 Å². The summed E-state index contributed by atoms with van der Waals surface area (Å²) in [6.07, 6.45) is 0.626. The summed E-state index contributed by atoms with van der Waals surface area (Å²) in [5.41, 5.74) is 1.08. The molecule has 1 unspecified atom stereocenters. The van der Waals surface area contributed by atoms with Gasteiger partial charge in [-0.1, -0.05) is 37.3 Å². The Kier molecular flexibility index (Phi) is 9.24. The van der Waals surface area contributed by atoms with Gasteiger partial charge in [-0.25, -0.2) is 8.42 Å². The number of methoxy groups -OCH3 is 4. The van der Waals surface area contributed by atoms with Crippen molar-refractivity contribution >= 4 is 21.6 Å². The first-order valence-corrected chi connectivity index (χ1v) is 13.0. The maximum Gasteiger partial charge on any atom is 0.265 e. The van der Waals surface area contributed by atoms with Crippen LogP contribution in [0, 0.1) is 0 Å². The van der Waals surface area contributed by atoms with Crippen LogP contribution < -0.4 is 28.6 Å². The molecule has 3 aromatic carbocycles. The average molecular weight is 529 g/mol. The Hall–Kier alpha value is -3.92. The summed E-state index contributed by atoms with van der Waals surface area (Å²) in [4.78, 5) is 13.2. The van der Waals surface area contributed by atoms with E-state index in [9.17, 15) is 13.2 Å². The van der Waals surface area contributed by atoms with Crippen molar-refractivity contribution in [2.45, 2.75) is 24.3 Å². The van der Waals surface area contributed by atoms with Gasteiger partial charge in [-0.3, -0.25) is 9.10 Å². The molecule has 0 radical (unpaired) electrons. The molecular formula is C27H32N2O7S. The van der Waals surface area contributed by atoms with Crippen molar-refractivity contribution in [2.24, 2.45) is 0 Å². The summed E-state index contributed by atoms with van der Waals surface area (Å²) in [6, 6.07) is 18.2. The summed E-state index contributed by atoms with van der Waals surface area (Å²) in [5, 5.41) is 2.95. The lowest BCUT2D eigenvalue weighted by atomic mass is 10.0. The molecule has 3 rings (SSSR count). The van der Waals surface area contributed by atoms with Crippen molar-refractivity contribution in [3.05, 3.63) is 72.3 Å². The van der Waals surface area contributed by atoms with Crippen LogP contribution >= 0.6 is 0 Å². The fraction of sp³-hybridized carbons (Fsp3) is 0.296. The van der Waals surface area contributed by atoms with Crippen LogP contribution in [0.3, 0.4) is 0 Å². The average Bonchev–Trinajstić information content (AvgIpc) is 2.94. The second-order valence-electron chi connectivity index (χ2n) is 8.01. The minimum absolute atomic E-state index is 0.0853. The van der Waals surface area contributed by atoms with Gasteiger partial charge in [-0.05, 0) is 36.2 Å². The molecule has 1 atom stereocenters. The number of benzene rings is 3. The zero-order valence-electron chi connectivity index (χ0n) is 21.6. The molecule has 9 nitrogen and oxygen atoms in total. The molecule has 3 aromatic rings. The highest BCUT2D eigenvalue weighted by molar-refractivity contribution is 7.92. The molecule has 0 saturated heterocycles. The predicted octanol–water partition coefficient (Wildman–Crippen LogP) is 4.18. The number of ether oxygens (including phenoxy) is 4. The van der Waals surface area contributed by atoms with Crippen molar-refractivity contribution in [2.75, 3.05) is 39.3 Å². The van der Waals surface area contributed by atoms with Gasteiger partial charge < -0.3 is 24.3 Å². The second kappa shape index (κ2) is 12.4. The number of amides is 1. The quantitative estimate of drug-likeness (QED) is 0.376. The molecule has 0 saturated carbocycles. The number of carbonyl (C=O) groups is 1. The van der Waals surface area contributed by atoms with Crippen LogP contribution in [0.4, 0.5) is 5.69 Å². The molecule has 10 heteroatoms. The number of carbonyl (C=O) groups excluding carboxylic acids is 1. The van der Waals surface area contributed by atoms with Gasteiger partial charge in [0.25, 0.3) is 10.0 Å². The first-order chi connectivity index (χ1) is 17.8. The molecule has 0 aromatic heterocycles. The van der Waals surface area contributed by atoms with Gasteiger partial charge >= 0.3 is 0 Å². The first-order valence-electron chi connectivity index (χ1n) is 11.6. The van der Waals surface area contributed by atoms with Crippen molar-refractivity contribution in [3.8, 4) is 23.0 Å². The van der Waals surface area contributed by atoms with Crippen LogP contribution in [0.1, 0.15) is 24.9 Å². The lowest BCUT2D eigenvalue weighted by Gasteiger charge is -2.27. The summed E-state index contributed by atoms with van der Waals surface area (Å²) >= 11 is 0. The third-order valence-electron chi connectivity index (χ3n) is 5.83. The van der Waals surface area contributed by atoms with E-state index in [0.29, 0.717) is 17.9 Å². The highest BCUT2D eigenvalue weighted by Gasteiger charge is 2.31. The van der Waals surface area contributed by atoms with E-state index in [2.05, 4.69) is 5.32 Å². The molecule has 1 N–H and O–H groups in total. The molecular weight excluding hydrogens is 496 g/mol. The van der Waals surface area contributed by atoms with Crippen molar-refractivity contribution in [1.29, 1.82) is 0 Å². The van der Waals surface area contributed by atoms with Crippen LogP contribution in [-0.4, -0.2) is 49.3 Å². The Morgan fingerprint density at radius 1 is 0.838 bits per heavy atom. The molecule has 0 spiro atoms. The largest absolute Gasteiger partial charge is 0.497 e. The van der Waals surface area contributed by atoms with Crippen molar-refractivity contribution < 1.29 is 32.2 Å². The molecule has 198 valence electrons. The highest BCUT2D eigenvalue weighted by Crippen LogP contribution is 2.37. The lowest BCUT2D eigenvalue weighted by molar-refractivity contribution is -0.120. The van der Waals surface area contributed by atoms with Gasteiger partial charge in [-0.2, -0.15) is 0 Å². The minimum atomic E-state index is -4.27. The third kappa shape index (κ3) is 6.26. The molecule has 0 bridgehead atoms. The third-order valence-corrected chi connectivity index (χ3v) is 7.59. The lowest BCUT2D eigenvalue weighted by Crippen LogP contribution is -2.42. The van der Waals surface area contributed by atoms with Gasteiger partial charge in [0.2, 0.25) is 5.91 Å². The molecule has 0 aliphatic heterocycles. The van der Waals surface area contributed by atoms with Crippen LogP contribution in [-0.2, 0) is 14.8 Å². The van der Waals surface area contributed by atoms with Crippen molar-refractivity contribution in [1.82, 2.24) is 5.32 Å². The van der Waals surface area contributed by atoms with Gasteiger partial charge in [0, 0.05) is 12.1 Å². The summed E-state index contributed by atoms with van der Waals surface area (Å²) in [5.74, 6) is 0.788. The Morgan fingerprint density at radius 2 is 1.49 bits per heavy atom. The maximum absolute atomic E-state index is 14.0. The summed E-state index contributed by atoms with van der Waals surface area (Å²) in [7, 11) is 1.50. The van der Waals surface area contributed by atoms with E-state index >= 15 is 0 Å². The van der Waals surface area contributed by atoms with Gasteiger partial charge in [-0.15, -0.1) is 0 Å². The molecule has 1 amide bonds. The van der Waals surface area contributed by atoms with Crippen LogP contribution in [0.5, 0.6) is 23.0 Å². The zero-order valence-corrected chi connectivity index (χ0v) is 22.4. The number of anilines is 1. The smallest absolute Gasteiger partial charge is 0.265 e.